The quantitative estimate of drug-likeness (QED) is 0.675. The van der Waals surface area contributed by atoms with E-state index in [9.17, 15) is 8.78 Å². The van der Waals surface area contributed by atoms with Crippen LogP contribution in [0, 0.1) is 25.5 Å². The second kappa shape index (κ2) is 5.83. The Kier molecular flexibility index (Phi) is 4.35. The first-order chi connectivity index (χ1) is 8.99. The molecule has 0 fully saturated rings. The van der Waals surface area contributed by atoms with Gasteiger partial charge in [-0.05, 0) is 43.0 Å². The highest BCUT2D eigenvalue weighted by Crippen LogP contribution is 2.31. The van der Waals surface area contributed by atoms with Crippen LogP contribution in [0.4, 0.5) is 8.78 Å². The second-order valence-corrected chi connectivity index (χ2v) is 5.85. The summed E-state index contributed by atoms with van der Waals surface area (Å²) in [6.07, 6.45) is 0.424. The van der Waals surface area contributed by atoms with Crippen LogP contribution in [0.5, 0.6) is 0 Å². The van der Waals surface area contributed by atoms with Crippen molar-refractivity contribution in [1.82, 2.24) is 0 Å². The molecule has 0 amide bonds. The van der Waals surface area contributed by atoms with E-state index < -0.39 is 11.6 Å². The maximum atomic E-state index is 13.6. The molecule has 0 aliphatic carbocycles. The van der Waals surface area contributed by atoms with Crippen molar-refractivity contribution >= 4 is 15.9 Å². The van der Waals surface area contributed by atoms with Gasteiger partial charge >= 0.3 is 0 Å². The van der Waals surface area contributed by atoms with Crippen molar-refractivity contribution in [2.24, 2.45) is 0 Å². The highest BCUT2D eigenvalue weighted by molar-refractivity contribution is 9.09. The van der Waals surface area contributed by atoms with Crippen LogP contribution in [0.15, 0.2) is 36.4 Å². The number of alkyl halides is 1. The average Bonchev–Trinajstić information content (AvgIpc) is 2.34. The van der Waals surface area contributed by atoms with Gasteiger partial charge in [-0.25, -0.2) is 8.78 Å². The molecule has 0 saturated heterocycles. The van der Waals surface area contributed by atoms with E-state index in [1.807, 2.05) is 26.0 Å². The number of hydrogen-bond acceptors (Lipinski definition) is 0. The van der Waals surface area contributed by atoms with Crippen LogP contribution in [0.2, 0.25) is 0 Å². The first-order valence-corrected chi connectivity index (χ1v) is 7.04. The fourth-order valence-corrected chi connectivity index (χ4v) is 3.05. The van der Waals surface area contributed by atoms with Crippen molar-refractivity contribution in [2.75, 3.05) is 0 Å². The lowest BCUT2D eigenvalue weighted by Crippen LogP contribution is -2.01. The molecule has 1 unspecified atom stereocenters. The first kappa shape index (κ1) is 14.2. The second-order valence-electron chi connectivity index (χ2n) is 4.74. The SMILES string of the molecule is Cc1ccc(C(Br)Cc2cccc(F)c2F)c(C)c1. The van der Waals surface area contributed by atoms with E-state index in [-0.39, 0.29) is 4.83 Å². The minimum absolute atomic E-state index is 0.0237. The third-order valence-electron chi connectivity index (χ3n) is 3.19. The Morgan fingerprint density at radius 1 is 1.11 bits per heavy atom. The van der Waals surface area contributed by atoms with Gasteiger partial charge in [-0.3, -0.25) is 0 Å². The van der Waals surface area contributed by atoms with Crippen LogP contribution in [0.3, 0.4) is 0 Å². The summed E-state index contributed by atoms with van der Waals surface area (Å²) in [6, 6.07) is 10.4. The maximum absolute atomic E-state index is 13.6. The normalized spacial score (nSPS) is 12.5. The van der Waals surface area contributed by atoms with E-state index in [1.165, 1.54) is 11.6 Å². The van der Waals surface area contributed by atoms with Gasteiger partial charge in [-0.15, -0.1) is 0 Å². The summed E-state index contributed by atoms with van der Waals surface area (Å²) < 4.78 is 26.8. The molecule has 2 rings (SSSR count). The predicted molar refractivity (Wildman–Crippen MR) is 77.6 cm³/mol. The highest BCUT2D eigenvalue weighted by atomic mass is 79.9. The molecule has 3 heteroatoms. The van der Waals surface area contributed by atoms with E-state index in [1.54, 1.807) is 6.07 Å². The number of halogens is 3. The predicted octanol–water partition coefficient (Wildman–Crippen LogP) is 5.26. The third kappa shape index (κ3) is 3.21. The van der Waals surface area contributed by atoms with Crippen LogP contribution in [0.1, 0.15) is 27.1 Å². The molecule has 0 radical (unpaired) electrons. The molecule has 2 aromatic rings. The van der Waals surface area contributed by atoms with E-state index >= 15 is 0 Å². The van der Waals surface area contributed by atoms with E-state index in [0.717, 1.165) is 17.2 Å². The van der Waals surface area contributed by atoms with Crippen molar-refractivity contribution in [3.05, 3.63) is 70.3 Å². The number of benzene rings is 2. The largest absolute Gasteiger partial charge is 0.204 e. The Labute approximate surface area is 120 Å². The molecule has 0 saturated carbocycles. The standard InChI is InChI=1S/C16H15BrF2/c1-10-6-7-13(11(2)8-10)14(17)9-12-4-3-5-15(18)16(12)19/h3-8,14H,9H2,1-2H3. The van der Waals surface area contributed by atoms with E-state index in [0.29, 0.717) is 12.0 Å². The maximum Gasteiger partial charge on any atom is 0.162 e. The zero-order valence-electron chi connectivity index (χ0n) is 10.9. The molecule has 0 nitrogen and oxygen atoms in total. The number of aryl methyl sites for hydroxylation is 2. The lowest BCUT2D eigenvalue weighted by Gasteiger charge is -2.14. The van der Waals surface area contributed by atoms with Gasteiger partial charge in [0.05, 0.1) is 0 Å². The van der Waals surface area contributed by atoms with Crippen LogP contribution >= 0.6 is 15.9 Å². The molecule has 0 N–H and O–H groups in total. The van der Waals surface area contributed by atoms with E-state index in [2.05, 4.69) is 22.0 Å². The Bertz CT molecular complexity index is 593. The topological polar surface area (TPSA) is 0 Å². The monoisotopic (exact) mass is 324 g/mol. The Morgan fingerprint density at radius 2 is 1.84 bits per heavy atom. The Hall–Kier alpha value is -1.22. The van der Waals surface area contributed by atoms with Gasteiger partial charge in [0.1, 0.15) is 0 Å². The molecule has 0 aromatic heterocycles. The molecule has 19 heavy (non-hydrogen) atoms. The van der Waals surface area contributed by atoms with Crippen molar-refractivity contribution in [3.63, 3.8) is 0 Å². The summed E-state index contributed by atoms with van der Waals surface area (Å²) >= 11 is 3.57. The molecular formula is C16H15BrF2. The molecule has 0 aliphatic rings. The van der Waals surface area contributed by atoms with Gasteiger partial charge in [0.2, 0.25) is 0 Å². The third-order valence-corrected chi connectivity index (χ3v) is 4.01. The molecule has 0 aliphatic heterocycles. The average molecular weight is 325 g/mol. The Balaban J connectivity index is 2.25. The number of rotatable bonds is 3. The molecule has 0 spiro atoms. The minimum Gasteiger partial charge on any atom is -0.204 e. The molecule has 0 bridgehead atoms. The molecule has 100 valence electrons. The first-order valence-electron chi connectivity index (χ1n) is 6.13. The van der Waals surface area contributed by atoms with Gasteiger partial charge in [0.15, 0.2) is 11.6 Å². The van der Waals surface area contributed by atoms with Gasteiger partial charge in [-0.2, -0.15) is 0 Å². The van der Waals surface area contributed by atoms with Crippen LogP contribution < -0.4 is 0 Å². The summed E-state index contributed by atoms with van der Waals surface area (Å²) in [5.74, 6) is -1.55. The Morgan fingerprint density at radius 3 is 2.53 bits per heavy atom. The summed E-state index contributed by atoms with van der Waals surface area (Å²) in [4.78, 5) is -0.0237. The fourth-order valence-electron chi connectivity index (χ4n) is 2.19. The zero-order chi connectivity index (χ0) is 14.0. The van der Waals surface area contributed by atoms with Crippen LogP contribution in [-0.4, -0.2) is 0 Å². The van der Waals surface area contributed by atoms with Gasteiger partial charge in [0.25, 0.3) is 0 Å². The van der Waals surface area contributed by atoms with Crippen LogP contribution in [0.25, 0.3) is 0 Å². The molecular weight excluding hydrogens is 310 g/mol. The fraction of sp³-hybridized carbons (Fsp3) is 0.250. The minimum atomic E-state index is -0.794. The van der Waals surface area contributed by atoms with Gasteiger partial charge in [0, 0.05) is 4.83 Å². The highest BCUT2D eigenvalue weighted by Gasteiger charge is 2.15. The summed E-state index contributed by atoms with van der Waals surface area (Å²) in [5, 5.41) is 0. The van der Waals surface area contributed by atoms with Crippen molar-refractivity contribution in [1.29, 1.82) is 0 Å². The lowest BCUT2D eigenvalue weighted by atomic mass is 9.98. The number of hydrogen-bond donors (Lipinski definition) is 0. The van der Waals surface area contributed by atoms with Gasteiger partial charge in [-0.1, -0.05) is 51.8 Å². The molecule has 1 atom stereocenters. The summed E-state index contributed by atoms with van der Waals surface area (Å²) in [6.45, 7) is 4.06. The van der Waals surface area contributed by atoms with Crippen molar-refractivity contribution < 1.29 is 8.78 Å². The van der Waals surface area contributed by atoms with Crippen molar-refractivity contribution in [3.8, 4) is 0 Å². The zero-order valence-corrected chi connectivity index (χ0v) is 12.5. The van der Waals surface area contributed by atoms with Crippen LogP contribution in [-0.2, 0) is 6.42 Å². The van der Waals surface area contributed by atoms with E-state index in [4.69, 9.17) is 0 Å². The smallest absolute Gasteiger partial charge is 0.162 e. The van der Waals surface area contributed by atoms with Gasteiger partial charge < -0.3 is 0 Å². The molecule has 2 aromatic carbocycles. The lowest BCUT2D eigenvalue weighted by molar-refractivity contribution is 0.498. The van der Waals surface area contributed by atoms with Crippen molar-refractivity contribution in [2.45, 2.75) is 25.1 Å². The summed E-state index contributed by atoms with van der Waals surface area (Å²) in [7, 11) is 0. The summed E-state index contributed by atoms with van der Waals surface area (Å²) in [5.41, 5.74) is 3.84. The molecule has 0 heterocycles.